The summed E-state index contributed by atoms with van der Waals surface area (Å²) in [6.45, 7) is 9.71. The summed E-state index contributed by atoms with van der Waals surface area (Å²) in [5, 5.41) is 2.93. The number of hydrogen-bond donors (Lipinski definition) is 2. The first kappa shape index (κ1) is 21.6. The van der Waals surface area contributed by atoms with Crippen molar-refractivity contribution in [3.8, 4) is 0 Å². The quantitative estimate of drug-likeness (QED) is 0.587. The molecule has 0 unspecified atom stereocenters. The Morgan fingerprint density at radius 3 is 2.00 bits per heavy atom. The molecule has 3 aromatic carbocycles. The lowest BCUT2D eigenvalue weighted by atomic mass is 10.0. The van der Waals surface area contributed by atoms with Crippen LogP contribution in [0.2, 0.25) is 0 Å². The van der Waals surface area contributed by atoms with Crippen LogP contribution in [-0.2, 0) is 10.0 Å². The van der Waals surface area contributed by atoms with Crippen molar-refractivity contribution in [1.82, 2.24) is 0 Å². The molecule has 156 valence electrons. The Morgan fingerprint density at radius 2 is 1.40 bits per heavy atom. The lowest BCUT2D eigenvalue weighted by Crippen LogP contribution is -2.16. The van der Waals surface area contributed by atoms with Crippen LogP contribution in [0.3, 0.4) is 0 Å². The number of amides is 1. The Bertz CT molecular complexity index is 1190. The van der Waals surface area contributed by atoms with Crippen LogP contribution >= 0.6 is 0 Å². The van der Waals surface area contributed by atoms with Crippen molar-refractivity contribution in [2.24, 2.45) is 0 Å². The van der Waals surface area contributed by atoms with Crippen LogP contribution in [0.4, 0.5) is 11.4 Å². The predicted octanol–water partition coefficient (Wildman–Crippen LogP) is 5.28. The van der Waals surface area contributed by atoms with Crippen molar-refractivity contribution in [3.05, 3.63) is 88.0 Å². The second-order valence-electron chi connectivity index (χ2n) is 7.61. The van der Waals surface area contributed by atoms with Crippen molar-refractivity contribution >= 4 is 27.3 Å². The van der Waals surface area contributed by atoms with E-state index in [1.54, 1.807) is 6.07 Å². The Kier molecular flexibility index (Phi) is 5.99. The van der Waals surface area contributed by atoms with Crippen molar-refractivity contribution in [3.63, 3.8) is 0 Å². The van der Waals surface area contributed by atoms with Crippen LogP contribution in [0.1, 0.15) is 38.2 Å². The number of nitrogens with one attached hydrogen (secondary N) is 2. The van der Waals surface area contributed by atoms with E-state index >= 15 is 0 Å². The second-order valence-corrected chi connectivity index (χ2v) is 9.29. The zero-order valence-electron chi connectivity index (χ0n) is 17.8. The van der Waals surface area contributed by atoms with Gasteiger partial charge in [0.1, 0.15) is 0 Å². The molecule has 5 nitrogen and oxygen atoms in total. The molecule has 0 heterocycles. The summed E-state index contributed by atoms with van der Waals surface area (Å²) in [5.41, 5.74) is 6.69. The molecule has 30 heavy (non-hydrogen) atoms. The van der Waals surface area contributed by atoms with Gasteiger partial charge in [0.2, 0.25) is 0 Å². The molecule has 0 aliphatic heterocycles. The van der Waals surface area contributed by atoms with E-state index in [1.807, 2.05) is 58.9 Å². The minimum Gasteiger partial charge on any atom is -0.322 e. The minimum atomic E-state index is -3.75. The molecule has 0 bridgehead atoms. The van der Waals surface area contributed by atoms with E-state index in [-0.39, 0.29) is 10.8 Å². The lowest BCUT2D eigenvalue weighted by molar-refractivity contribution is 0.102. The summed E-state index contributed by atoms with van der Waals surface area (Å²) in [6, 6.07) is 15.4. The Balaban J connectivity index is 1.80. The molecule has 0 spiro atoms. The third-order valence-corrected chi connectivity index (χ3v) is 6.57. The summed E-state index contributed by atoms with van der Waals surface area (Å²) in [7, 11) is -3.75. The second kappa shape index (κ2) is 8.32. The first-order valence-corrected chi connectivity index (χ1v) is 11.1. The molecule has 0 radical (unpaired) electrons. The van der Waals surface area contributed by atoms with Gasteiger partial charge in [0.15, 0.2) is 0 Å². The molecule has 0 fully saturated rings. The molecule has 0 aliphatic carbocycles. The molecule has 0 saturated heterocycles. The predicted molar refractivity (Wildman–Crippen MR) is 122 cm³/mol. The van der Waals surface area contributed by atoms with Gasteiger partial charge in [-0.25, -0.2) is 8.42 Å². The monoisotopic (exact) mass is 422 g/mol. The zero-order chi connectivity index (χ0) is 22.1. The number of sulfonamides is 1. The highest BCUT2D eigenvalue weighted by molar-refractivity contribution is 7.92. The van der Waals surface area contributed by atoms with Gasteiger partial charge in [-0.3, -0.25) is 9.52 Å². The summed E-state index contributed by atoms with van der Waals surface area (Å²) in [4.78, 5) is 12.8. The van der Waals surface area contributed by atoms with E-state index in [4.69, 9.17) is 0 Å². The van der Waals surface area contributed by atoms with Crippen LogP contribution in [-0.4, -0.2) is 14.3 Å². The number of benzene rings is 3. The summed E-state index contributed by atoms with van der Waals surface area (Å²) in [6.07, 6.45) is 0. The maximum absolute atomic E-state index is 12.7. The highest BCUT2D eigenvalue weighted by Crippen LogP contribution is 2.24. The van der Waals surface area contributed by atoms with Gasteiger partial charge in [0.05, 0.1) is 10.6 Å². The molecule has 0 aromatic heterocycles. The van der Waals surface area contributed by atoms with Crippen LogP contribution in [0, 0.1) is 34.6 Å². The maximum atomic E-state index is 12.7. The van der Waals surface area contributed by atoms with Crippen molar-refractivity contribution < 1.29 is 13.2 Å². The van der Waals surface area contributed by atoms with E-state index in [1.165, 1.54) is 24.3 Å². The third-order valence-electron chi connectivity index (χ3n) is 5.19. The Morgan fingerprint density at radius 1 is 0.800 bits per heavy atom. The highest BCUT2D eigenvalue weighted by Gasteiger charge is 2.17. The van der Waals surface area contributed by atoms with E-state index in [9.17, 15) is 13.2 Å². The fourth-order valence-electron chi connectivity index (χ4n) is 3.41. The highest BCUT2D eigenvalue weighted by atomic mass is 32.2. The van der Waals surface area contributed by atoms with Gasteiger partial charge in [-0.1, -0.05) is 29.8 Å². The molecule has 3 rings (SSSR count). The van der Waals surface area contributed by atoms with Gasteiger partial charge < -0.3 is 5.32 Å². The molecule has 0 saturated carbocycles. The van der Waals surface area contributed by atoms with Crippen molar-refractivity contribution in [1.29, 1.82) is 0 Å². The van der Waals surface area contributed by atoms with E-state index in [0.29, 0.717) is 11.3 Å². The van der Waals surface area contributed by atoms with Gasteiger partial charge in [-0.2, -0.15) is 0 Å². The average Bonchev–Trinajstić information content (AvgIpc) is 2.68. The Labute approximate surface area is 178 Å². The number of hydrogen-bond acceptors (Lipinski definition) is 3. The molecule has 3 aromatic rings. The topological polar surface area (TPSA) is 75.3 Å². The van der Waals surface area contributed by atoms with Crippen LogP contribution in [0.25, 0.3) is 0 Å². The number of aryl methyl sites for hydroxylation is 4. The number of carbonyl (C=O) groups excluding carboxylic acids is 1. The molecular formula is C24H26N2O3S. The van der Waals surface area contributed by atoms with Gasteiger partial charge in [-0.05, 0) is 87.2 Å². The van der Waals surface area contributed by atoms with Gasteiger partial charge in [-0.15, -0.1) is 0 Å². The maximum Gasteiger partial charge on any atom is 0.261 e. The van der Waals surface area contributed by atoms with Gasteiger partial charge in [0, 0.05) is 11.3 Å². The Hall–Kier alpha value is -3.12. The SMILES string of the molecule is Cc1cc(C)c(NC(=O)c2ccc(S(=O)(=O)Nc3cccc(C)c3C)cc2)c(C)c1. The van der Waals surface area contributed by atoms with E-state index in [0.717, 1.165) is 33.5 Å². The van der Waals surface area contributed by atoms with Crippen LogP contribution in [0.5, 0.6) is 0 Å². The first-order chi connectivity index (χ1) is 14.1. The molecule has 1 amide bonds. The summed E-state index contributed by atoms with van der Waals surface area (Å²) < 4.78 is 28.1. The molecule has 0 aliphatic rings. The minimum absolute atomic E-state index is 0.0997. The molecular weight excluding hydrogens is 396 g/mol. The molecule has 2 N–H and O–H groups in total. The third kappa shape index (κ3) is 4.54. The largest absolute Gasteiger partial charge is 0.322 e. The first-order valence-electron chi connectivity index (χ1n) is 9.67. The molecule has 0 atom stereocenters. The zero-order valence-corrected chi connectivity index (χ0v) is 18.6. The summed E-state index contributed by atoms with van der Waals surface area (Å²) >= 11 is 0. The smallest absolute Gasteiger partial charge is 0.261 e. The van der Waals surface area contributed by atoms with Crippen molar-refractivity contribution in [2.45, 2.75) is 39.5 Å². The summed E-state index contributed by atoms with van der Waals surface area (Å²) in [5.74, 6) is -0.281. The average molecular weight is 423 g/mol. The normalized spacial score (nSPS) is 11.2. The van der Waals surface area contributed by atoms with Crippen LogP contribution in [0.15, 0.2) is 59.5 Å². The fourth-order valence-corrected chi connectivity index (χ4v) is 4.54. The van der Waals surface area contributed by atoms with Gasteiger partial charge in [0.25, 0.3) is 15.9 Å². The number of carbonyl (C=O) groups is 1. The fraction of sp³-hybridized carbons (Fsp3) is 0.208. The van der Waals surface area contributed by atoms with Crippen LogP contribution < -0.4 is 10.0 Å². The molecule has 6 heteroatoms. The number of rotatable bonds is 5. The van der Waals surface area contributed by atoms with Crippen molar-refractivity contribution in [2.75, 3.05) is 10.0 Å². The van der Waals surface area contributed by atoms with E-state index in [2.05, 4.69) is 10.0 Å². The van der Waals surface area contributed by atoms with Gasteiger partial charge >= 0.3 is 0 Å². The lowest BCUT2D eigenvalue weighted by Gasteiger charge is -2.14. The number of anilines is 2. The van der Waals surface area contributed by atoms with E-state index < -0.39 is 10.0 Å². The standard InChI is InChI=1S/C24H26N2O3S/c1-15-13-17(3)23(18(4)14-15)25-24(27)20-9-11-21(12-10-20)30(28,29)26-22-8-6-7-16(2)19(22)5/h6-14,26H,1-5H3,(H,25,27).